The molecule has 92 valence electrons. The first kappa shape index (κ1) is 14.9. The number of ketones is 1. The summed E-state index contributed by atoms with van der Waals surface area (Å²) in [5.74, 6) is 0.00119. The molecule has 16 heavy (non-hydrogen) atoms. The molecular formula is C13H22O3. The minimum atomic E-state index is -0.0982. The second kappa shape index (κ2) is 10.4. The van der Waals surface area contributed by atoms with Gasteiger partial charge < -0.3 is 4.74 Å². The first-order valence-electron chi connectivity index (χ1n) is 5.99. The van der Waals surface area contributed by atoms with Gasteiger partial charge in [0, 0.05) is 6.42 Å². The van der Waals surface area contributed by atoms with Crippen LogP contribution in [0.15, 0.2) is 12.2 Å². The van der Waals surface area contributed by atoms with Crippen LogP contribution in [0.3, 0.4) is 0 Å². The maximum Gasteiger partial charge on any atom is 0.305 e. The van der Waals surface area contributed by atoms with Gasteiger partial charge in [0.05, 0.1) is 6.61 Å². The number of hydrogen-bond donors (Lipinski definition) is 0. The van der Waals surface area contributed by atoms with Gasteiger partial charge in [-0.15, -0.1) is 0 Å². The van der Waals surface area contributed by atoms with Gasteiger partial charge in [0.2, 0.25) is 0 Å². The summed E-state index contributed by atoms with van der Waals surface area (Å²) in [5, 5.41) is 0. The highest BCUT2D eigenvalue weighted by molar-refractivity contribution is 5.87. The van der Waals surface area contributed by atoms with Crippen LogP contribution in [0.4, 0.5) is 0 Å². The molecule has 0 atom stereocenters. The summed E-state index contributed by atoms with van der Waals surface area (Å²) < 4.78 is 4.83. The average molecular weight is 226 g/mol. The molecule has 0 aromatic heterocycles. The molecule has 0 bridgehead atoms. The van der Waals surface area contributed by atoms with E-state index in [1.54, 1.807) is 13.0 Å². The quantitative estimate of drug-likeness (QED) is 0.345. The molecule has 3 heteroatoms. The van der Waals surface area contributed by atoms with Gasteiger partial charge in [-0.1, -0.05) is 18.9 Å². The van der Waals surface area contributed by atoms with E-state index in [0.717, 1.165) is 32.1 Å². The Kier molecular flexibility index (Phi) is 9.67. The van der Waals surface area contributed by atoms with Crippen molar-refractivity contribution in [3.8, 4) is 0 Å². The van der Waals surface area contributed by atoms with Crippen LogP contribution >= 0.6 is 0 Å². The Balaban J connectivity index is 3.21. The molecule has 0 saturated carbocycles. The van der Waals surface area contributed by atoms with Gasteiger partial charge in [0.15, 0.2) is 5.78 Å². The molecular weight excluding hydrogens is 204 g/mol. The average Bonchev–Trinajstić information content (AvgIpc) is 2.22. The lowest BCUT2D eigenvalue weighted by molar-refractivity contribution is -0.143. The zero-order chi connectivity index (χ0) is 12.2. The minimum Gasteiger partial charge on any atom is -0.466 e. The molecule has 3 nitrogen and oxygen atoms in total. The molecule has 0 N–H and O–H groups in total. The largest absolute Gasteiger partial charge is 0.466 e. The van der Waals surface area contributed by atoms with Crippen molar-refractivity contribution in [2.75, 3.05) is 6.61 Å². The topological polar surface area (TPSA) is 43.4 Å². The second-order valence-electron chi connectivity index (χ2n) is 3.77. The number of ether oxygens (including phenoxy) is 1. The molecule has 0 aromatic rings. The number of esters is 1. The predicted molar refractivity (Wildman–Crippen MR) is 64.2 cm³/mol. The van der Waals surface area contributed by atoms with Crippen LogP contribution in [0.25, 0.3) is 0 Å². The lowest BCUT2D eigenvalue weighted by Crippen LogP contribution is -2.02. The summed E-state index contributed by atoms with van der Waals surface area (Å²) >= 11 is 0. The first-order valence-corrected chi connectivity index (χ1v) is 5.99. The van der Waals surface area contributed by atoms with E-state index in [4.69, 9.17) is 4.74 Å². The van der Waals surface area contributed by atoms with Gasteiger partial charge in [-0.25, -0.2) is 0 Å². The number of allylic oxidation sites excluding steroid dienone is 2. The molecule has 0 aliphatic heterocycles. The lowest BCUT2D eigenvalue weighted by atomic mass is 10.1. The van der Waals surface area contributed by atoms with Crippen LogP contribution in [-0.4, -0.2) is 18.4 Å². The van der Waals surface area contributed by atoms with E-state index in [-0.39, 0.29) is 11.8 Å². The van der Waals surface area contributed by atoms with E-state index < -0.39 is 0 Å². The number of unbranched alkanes of at least 4 members (excludes halogenated alkanes) is 4. The van der Waals surface area contributed by atoms with Crippen LogP contribution in [0, 0.1) is 0 Å². The molecule has 0 aromatic carbocycles. The fourth-order valence-electron chi connectivity index (χ4n) is 1.37. The van der Waals surface area contributed by atoms with E-state index in [1.165, 1.54) is 0 Å². The van der Waals surface area contributed by atoms with E-state index >= 15 is 0 Å². The third-order valence-electron chi connectivity index (χ3n) is 2.16. The summed E-state index contributed by atoms with van der Waals surface area (Å²) in [6.45, 7) is 3.84. The van der Waals surface area contributed by atoms with Crippen molar-refractivity contribution in [1.82, 2.24) is 0 Å². The van der Waals surface area contributed by atoms with Crippen molar-refractivity contribution in [3.63, 3.8) is 0 Å². The first-order chi connectivity index (χ1) is 7.66. The molecule has 0 fully saturated rings. The summed E-state index contributed by atoms with van der Waals surface area (Å²) in [7, 11) is 0. The Morgan fingerprint density at radius 3 is 2.44 bits per heavy atom. The third kappa shape index (κ3) is 11.0. The zero-order valence-electron chi connectivity index (χ0n) is 10.3. The van der Waals surface area contributed by atoms with E-state index in [1.807, 2.05) is 13.0 Å². The van der Waals surface area contributed by atoms with Crippen LogP contribution in [0.5, 0.6) is 0 Å². The van der Waals surface area contributed by atoms with Crippen LogP contribution in [-0.2, 0) is 14.3 Å². The molecule has 0 radical (unpaired) electrons. The van der Waals surface area contributed by atoms with Crippen LogP contribution in [0.1, 0.15) is 52.4 Å². The van der Waals surface area contributed by atoms with Gasteiger partial charge in [-0.2, -0.15) is 0 Å². The molecule has 0 rings (SSSR count). The third-order valence-corrected chi connectivity index (χ3v) is 2.16. The summed E-state index contributed by atoms with van der Waals surface area (Å²) in [6, 6.07) is 0. The van der Waals surface area contributed by atoms with E-state index in [2.05, 4.69) is 0 Å². The van der Waals surface area contributed by atoms with Crippen LogP contribution in [0.2, 0.25) is 0 Å². The SMILES string of the molecule is CCOC(=O)CCCCCC/C=C/C(C)=O. The number of carbonyl (C=O) groups is 2. The maximum absolute atomic E-state index is 11.0. The Bertz CT molecular complexity index is 231. The van der Waals surface area contributed by atoms with Crippen LogP contribution < -0.4 is 0 Å². The van der Waals surface area contributed by atoms with Gasteiger partial charge in [-0.05, 0) is 39.2 Å². The molecule has 0 aliphatic rings. The second-order valence-corrected chi connectivity index (χ2v) is 3.77. The highest BCUT2D eigenvalue weighted by atomic mass is 16.5. The molecule has 0 amide bonds. The van der Waals surface area contributed by atoms with Gasteiger partial charge in [0.25, 0.3) is 0 Å². The monoisotopic (exact) mass is 226 g/mol. The van der Waals surface area contributed by atoms with Crippen molar-refractivity contribution in [2.24, 2.45) is 0 Å². The molecule has 0 unspecified atom stereocenters. The van der Waals surface area contributed by atoms with E-state index in [0.29, 0.717) is 13.0 Å². The highest BCUT2D eigenvalue weighted by Gasteiger charge is 1.99. The highest BCUT2D eigenvalue weighted by Crippen LogP contribution is 2.06. The lowest BCUT2D eigenvalue weighted by Gasteiger charge is -2.01. The smallest absolute Gasteiger partial charge is 0.305 e. The Labute approximate surface area is 97.9 Å². The van der Waals surface area contributed by atoms with Crippen molar-refractivity contribution in [1.29, 1.82) is 0 Å². The maximum atomic E-state index is 11.0. The van der Waals surface area contributed by atoms with Gasteiger partial charge >= 0.3 is 5.97 Å². The Morgan fingerprint density at radius 2 is 1.81 bits per heavy atom. The standard InChI is InChI=1S/C13H22O3/c1-3-16-13(15)11-9-7-5-4-6-8-10-12(2)14/h8,10H,3-7,9,11H2,1-2H3/b10-8+. The summed E-state index contributed by atoms with van der Waals surface area (Å²) in [6.07, 6.45) is 9.11. The minimum absolute atomic E-state index is 0.0982. The normalized spacial score (nSPS) is 10.6. The van der Waals surface area contributed by atoms with E-state index in [9.17, 15) is 9.59 Å². The fourth-order valence-corrected chi connectivity index (χ4v) is 1.37. The van der Waals surface area contributed by atoms with Crippen molar-refractivity contribution >= 4 is 11.8 Å². The number of carbonyl (C=O) groups excluding carboxylic acids is 2. The van der Waals surface area contributed by atoms with Crippen molar-refractivity contribution in [3.05, 3.63) is 12.2 Å². The number of hydrogen-bond acceptors (Lipinski definition) is 3. The molecule has 0 heterocycles. The zero-order valence-corrected chi connectivity index (χ0v) is 10.3. The fraction of sp³-hybridized carbons (Fsp3) is 0.692. The molecule has 0 saturated heterocycles. The summed E-state index contributed by atoms with van der Waals surface area (Å²) in [5.41, 5.74) is 0. The van der Waals surface area contributed by atoms with Crippen molar-refractivity contribution in [2.45, 2.75) is 52.4 Å². The Hall–Kier alpha value is -1.12. The van der Waals surface area contributed by atoms with Gasteiger partial charge in [-0.3, -0.25) is 9.59 Å². The molecule has 0 spiro atoms. The van der Waals surface area contributed by atoms with Crippen molar-refractivity contribution < 1.29 is 14.3 Å². The molecule has 0 aliphatic carbocycles. The summed E-state index contributed by atoms with van der Waals surface area (Å²) in [4.78, 5) is 21.6. The van der Waals surface area contributed by atoms with Gasteiger partial charge in [0.1, 0.15) is 0 Å². The Morgan fingerprint density at radius 1 is 1.12 bits per heavy atom. The predicted octanol–water partition coefficient (Wildman–Crippen LogP) is 3.04. The number of rotatable bonds is 9.